The number of fused-ring (bicyclic) bond motifs is 1. The molecular weight excluding hydrogens is 196 g/mol. The quantitative estimate of drug-likeness (QED) is 0.655. The van der Waals surface area contributed by atoms with Crippen molar-refractivity contribution in [2.24, 2.45) is 0 Å². The summed E-state index contributed by atoms with van der Waals surface area (Å²) in [4.78, 5) is 7.40. The Morgan fingerprint density at radius 2 is 1.44 bits per heavy atom. The van der Waals surface area contributed by atoms with Gasteiger partial charge < -0.3 is 4.98 Å². The topological polar surface area (TPSA) is 28.7 Å². The Hall–Kier alpha value is -1.31. The molecule has 0 atom stereocenters. The second-order valence-corrected chi connectivity index (χ2v) is 2.34. The molecule has 0 aliphatic rings. The van der Waals surface area contributed by atoms with Crippen molar-refractivity contribution in [2.45, 2.75) is 48.5 Å². The van der Waals surface area contributed by atoms with Crippen LogP contribution in [0.25, 0.3) is 11.0 Å². The van der Waals surface area contributed by atoms with Crippen LogP contribution in [0, 0.1) is 6.92 Å². The number of para-hydroxylation sites is 2. The lowest BCUT2D eigenvalue weighted by Crippen LogP contribution is -1.68. The van der Waals surface area contributed by atoms with E-state index in [0.29, 0.717) is 0 Å². The highest BCUT2D eigenvalue weighted by Gasteiger charge is 1.93. The summed E-state index contributed by atoms with van der Waals surface area (Å²) in [6.07, 6.45) is 0. The van der Waals surface area contributed by atoms with Crippen molar-refractivity contribution in [1.29, 1.82) is 0 Å². The molecule has 0 aliphatic heterocycles. The van der Waals surface area contributed by atoms with Gasteiger partial charge in [0.05, 0.1) is 11.0 Å². The molecule has 94 valence electrons. The van der Waals surface area contributed by atoms with Crippen LogP contribution in [0.15, 0.2) is 24.3 Å². The second kappa shape index (κ2) is 11.8. The number of H-pyrrole nitrogens is 1. The van der Waals surface area contributed by atoms with Gasteiger partial charge in [0.1, 0.15) is 5.82 Å². The van der Waals surface area contributed by atoms with Gasteiger partial charge in [0, 0.05) is 1.43 Å². The predicted octanol–water partition coefficient (Wildman–Crippen LogP) is 5.20. The maximum Gasteiger partial charge on any atom is 0.104 e. The summed E-state index contributed by atoms with van der Waals surface area (Å²) in [7, 11) is 0. The first-order valence-corrected chi connectivity index (χ1v) is 6.27. The normalized spacial score (nSPS) is 7.69. The van der Waals surface area contributed by atoms with E-state index in [9.17, 15) is 0 Å². The van der Waals surface area contributed by atoms with Gasteiger partial charge in [-0.2, -0.15) is 0 Å². The zero-order valence-corrected chi connectivity index (χ0v) is 11.8. The van der Waals surface area contributed by atoms with Crippen LogP contribution in [0.4, 0.5) is 0 Å². The molecule has 0 saturated carbocycles. The Morgan fingerprint density at radius 3 is 1.94 bits per heavy atom. The van der Waals surface area contributed by atoms with Crippen molar-refractivity contribution in [3.63, 3.8) is 0 Å². The predicted molar refractivity (Wildman–Crippen MR) is 77.0 cm³/mol. The Bertz CT molecular complexity index is 323. The molecule has 2 heteroatoms. The van der Waals surface area contributed by atoms with Gasteiger partial charge in [0.25, 0.3) is 0 Å². The molecule has 16 heavy (non-hydrogen) atoms. The number of aryl methyl sites for hydroxylation is 1. The van der Waals surface area contributed by atoms with Gasteiger partial charge >= 0.3 is 0 Å². The molecule has 1 aromatic heterocycles. The molecule has 2 rings (SSSR count). The second-order valence-electron chi connectivity index (χ2n) is 2.34. The van der Waals surface area contributed by atoms with Crippen LogP contribution >= 0.6 is 0 Å². The van der Waals surface area contributed by atoms with E-state index in [1.54, 1.807) is 0 Å². The molecule has 0 radical (unpaired) electrons. The smallest absolute Gasteiger partial charge is 0.104 e. The molecule has 0 amide bonds. The third-order valence-electron chi connectivity index (χ3n) is 1.51. The van der Waals surface area contributed by atoms with Crippen LogP contribution in [0.2, 0.25) is 0 Å². The Labute approximate surface area is 102 Å². The fraction of sp³-hybridized carbons (Fsp3) is 0.500. The molecular formula is C14H28N2. The van der Waals surface area contributed by atoms with Gasteiger partial charge in [-0.25, -0.2) is 4.98 Å². The summed E-state index contributed by atoms with van der Waals surface area (Å²) in [5.41, 5.74) is 2.15. The van der Waals surface area contributed by atoms with Crippen molar-refractivity contribution in [3.05, 3.63) is 30.1 Å². The highest BCUT2D eigenvalue weighted by Crippen LogP contribution is 2.08. The zero-order valence-electron chi connectivity index (χ0n) is 11.8. The van der Waals surface area contributed by atoms with Gasteiger partial charge in [-0.15, -0.1) is 0 Å². The lowest BCUT2D eigenvalue weighted by molar-refractivity contribution is 1.17. The largest absolute Gasteiger partial charge is 0.342 e. The fourth-order valence-electron chi connectivity index (χ4n) is 1.08. The average molecular weight is 224 g/mol. The van der Waals surface area contributed by atoms with Crippen molar-refractivity contribution in [2.75, 3.05) is 0 Å². The summed E-state index contributed by atoms with van der Waals surface area (Å²) in [6.45, 7) is 14.0. The SMILES string of the molecule is CC.CC.CC.Cc1nc2ccccc2[nH]1.[HH]. The van der Waals surface area contributed by atoms with Crippen molar-refractivity contribution in [3.8, 4) is 0 Å². The first-order chi connectivity index (χ1) is 7.86. The molecule has 0 fully saturated rings. The molecule has 0 aliphatic carbocycles. The summed E-state index contributed by atoms with van der Waals surface area (Å²) in [5.74, 6) is 0.973. The standard InChI is InChI=1S/C8H8N2.3C2H6.H2/c1-6-9-7-4-2-3-5-8(7)10-6;3*1-2;/h2-5H,1H3,(H,9,10);3*1-2H3;1H. The van der Waals surface area contributed by atoms with Crippen LogP contribution < -0.4 is 0 Å². The van der Waals surface area contributed by atoms with Gasteiger partial charge in [-0.05, 0) is 19.1 Å². The molecule has 0 spiro atoms. The van der Waals surface area contributed by atoms with Crippen LogP contribution in [0.3, 0.4) is 0 Å². The minimum absolute atomic E-state index is 0. The van der Waals surface area contributed by atoms with Crippen LogP contribution in [0.5, 0.6) is 0 Å². The molecule has 0 bridgehead atoms. The first kappa shape index (κ1) is 17.1. The van der Waals surface area contributed by atoms with Crippen molar-refractivity contribution in [1.82, 2.24) is 9.97 Å². The third-order valence-corrected chi connectivity index (χ3v) is 1.51. The van der Waals surface area contributed by atoms with Crippen molar-refractivity contribution < 1.29 is 1.43 Å². The minimum Gasteiger partial charge on any atom is -0.342 e. The van der Waals surface area contributed by atoms with E-state index in [1.165, 1.54) is 0 Å². The average Bonchev–Trinajstić information content (AvgIpc) is 2.76. The van der Waals surface area contributed by atoms with Gasteiger partial charge in [-0.1, -0.05) is 53.7 Å². The highest BCUT2D eigenvalue weighted by atomic mass is 14.9. The number of rotatable bonds is 0. The van der Waals surface area contributed by atoms with Crippen LogP contribution in [0.1, 0.15) is 48.8 Å². The summed E-state index contributed by atoms with van der Waals surface area (Å²) >= 11 is 0. The van der Waals surface area contributed by atoms with E-state index in [1.807, 2.05) is 72.7 Å². The van der Waals surface area contributed by atoms with Crippen LogP contribution in [-0.2, 0) is 0 Å². The lowest BCUT2D eigenvalue weighted by atomic mass is 10.3. The molecule has 2 nitrogen and oxygen atoms in total. The zero-order chi connectivity index (χ0) is 13.0. The van der Waals surface area contributed by atoms with Crippen molar-refractivity contribution >= 4 is 11.0 Å². The number of imidazole rings is 1. The van der Waals surface area contributed by atoms with Gasteiger partial charge in [0.15, 0.2) is 0 Å². The minimum atomic E-state index is 0. The maximum absolute atomic E-state index is 4.26. The number of nitrogens with zero attached hydrogens (tertiary/aromatic N) is 1. The molecule has 2 aromatic rings. The van der Waals surface area contributed by atoms with Gasteiger partial charge in [-0.3, -0.25) is 0 Å². The van der Waals surface area contributed by atoms with E-state index in [0.717, 1.165) is 16.9 Å². The Balaban J connectivity index is -0.000000248. The number of aromatic nitrogens is 2. The maximum atomic E-state index is 4.26. The van der Waals surface area contributed by atoms with E-state index in [-0.39, 0.29) is 1.43 Å². The summed E-state index contributed by atoms with van der Waals surface area (Å²) in [6, 6.07) is 8.01. The summed E-state index contributed by atoms with van der Waals surface area (Å²) in [5, 5.41) is 0. The number of hydrogen-bond donors (Lipinski definition) is 1. The van der Waals surface area contributed by atoms with Gasteiger partial charge in [0.2, 0.25) is 0 Å². The molecule has 0 unspecified atom stereocenters. The Morgan fingerprint density at radius 1 is 0.938 bits per heavy atom. The lowest BCUT2D eigenvalue weighted by Gasteiger charge is -1.81. The monoisotopic (exact) mass is 224 g/mol. The molecule has 0 saturated heterocycles. The van der Waals surface area contributed by atoms with E-state index in [2.05, 4.69) is 9.97 Å². The highest BCUT2D eigenvalue weighted by molar-refractivity contribution is 5.74. The van der Waals surface area contributed by atoms with E-state index in [4.69, 9.17) is 0 Å². The first-order valence-electron chi connectivity index (χ1n) is 6.27. The van der Waals surface area contributed by atoms with Crippen LogP contribution in [-0.4, -0.2) is 9.97 Å². The number of benzene rings is 1. The van der Waals surface area contributed by atoms with E-state index < -0.39 is 0 Å². The van der Waals surface area contributed by atoms with E-state index >= 15 is 0 Å². The third kappa shape index (κ3) is 5.54. The molecule has 1 aromatic carbocycles. The Kier molecular flexibility index (Phi) is 12.6. The molecule has 1 N–H and O–H groups in total. The number of aromatic amines is 1. The number of hydrogen-bond acceptors (Lipinski definition) is 1. The molecule has 1 heterocycles. The number of nitrogens with one attached hydrogen (secondary N) is 1. The summed E-state index contributed by atoms with van der Waals surface area (Å²) < 4.78 is 0. The fourth-order valence-corrected chi connectivity index (χ4v) is 1.08.